The smallest absolute Gasteiger partial charge is 0.106 e. The molecule has 0 aliphatic carbocycles. The van der Waals surface area contributed by atoms with Crippen LogP contribution in [-0.2, 0) is 9.47 Å². The van der Waals surface area contributed by atoms with Crippen molar-refractivity contribution < 1.29 is 9.47 Å². The maximum Gasteiger partial charge on any atom is 0.106 e. The van der Waals surface area contributed by atoms with Crippen molar-refractivity contribution in [3.8, 4) is 0 Å². The van der Waals surface area contributed by atoms with E-state index in [4.69, 9.17) is 9.47 Å². The highest BCUT2D eigenvalue weighted by Gasteiger charge is 2.37. The highest BCUT2D eigenvalue weighted by Crippen LogP contribution is 2.24. The lowest BCUT2D eigenvalue weighted by atomic mass is 10.0. The molecule has 2 rings (SSSR count). The number of hydrogen-bond donors (Lipinski definition) is 1. The Morgan fingerprint density at radius 2 is 2.44 bits per heavy atom. The van der Waals surface area contributed by atoms with E-state index in [0.29, 0.717) is 0 Å². The van der Waals surface area contributed by atoms with E-state index in [9.17, 15) is 0 Å². The Balaban J connectivity index is 1.91. The second kappa shape index (κ2) is 5.45. The molecule has 2 aliphatic rings. The van der Waals surface area contributed by atoms with Crippen molar-refractivity contribution >= 4 is 0 Å². The molecular formula is C12H24N2O2. The van der Waals surface area contributed by atoms with E-state index in [2.05, 4.69) is 17.1 Å². The second-order valence-corrected chi connectivity index (χ2v) is 5.23. The van der Waals surface area contributed by atoms with Gasteiger partial charge in [-0.05, 0) is 12.5 Å². The standard InChI is InChI=1S/C12H24N2O2/c1-11-7-13-4-5-14(8-11)9-12(15-2)3-6-16-10-12/h11,13H,3-10H2,1-2H3. The predicted molar refractivity (Wildman–Crippen MR) is 63.6 cm³/mol. The third kappa shape index (κ3) is 2.94. The zero-order valence-electron chi connectivity index (χ0n) is 10.5. The van der Waals surface area contributed by atoms with Gasteiger partial charge in [0.25, 0.3) is 0 Å². The topological polar surface area (TPSA) is 33.7 Å². The van der Waals surface area contributed by atoms with Crippen LogP contribution >= 0.6 is 0 Å². The number of methoxy groups -OCH3 is 1. The summed E-state index contributed by atoms with van der Waals surface area (Å²) in [6, 6.07) is 0. The Bertz CT molecular complexity index is 217. The van der Waals surface area contributed by atoms with Crippen molar-refractivity contribution in [2.75, 3.05) is 53.0 Å². The lowest BCUT2D eigenvalue weighted by molar-refractivity contribution is -0.0411. The SMILES string of the molecule is COC1(CN2CCNCC(C)C2)CCOC1. The summed E-state index contributed by atoms with van der Waals surface area (Å²) in [6.45, 7) is 9.41. The molecule has 2 saturated heterocycles. The molecule has 0 aromatic carbocycles. The normalized spacial score (nSPS) is 37.5. The lowest BCUT2D eigenvalue weighted by Gasteiger charge is -2.33. The Morgan fingerprint density at radius 3 is 3.12 bits per heavy atom. The van der Waals surface area contributed by atoms with E-state index < -0.39 is 0 Å². The van der Waals surface area contributed by atoms with Crippen LogP contribution in [0.15, 0.2) is 0 Å². The Kier molecular flexibility index (Phi) is 4.19. The first-order valence-electron chi connectivity index (χ1n) is 6.30. The highest BCUT2D eigenvalue weighted by molar-refractivity contribution is 4.89. The molecule has 0 spiro atoms. The molecule has 1 N–H and O–H groups in total. The molecule has 2 unspecified atom stereocenters. The van der Waals surface area contributed by atoms with Crippen LogP contribution in [0.2, 0.25) is 0 Å². The van der Waals surface area contributed by atoms with Crippen molar-refractivity contribution in [2.24, 2.45) is 5.92 Å². The summed E-state index contributed by atoms with van der Waals surface area (Å²) in [4.78, 5) is 2.52. The average Bonchev–Trinajstić information content (AvgIpc) is 2.64. The number of nitrogens with one attached hydrogen (secondary N) is 1. The first-order valence-corrected chi connectivity index (χ1v) is 6.30. The highest BCUT2D eigenvalue weighted by atomic mass is 16.5. The zero-order chi connectivity index (χ0) is 11.4. The quantitative estimate of drug-likeness (QED) is 0.755. The molecule has 2 heterocycles. The molecule has 0 bridgehead atoms. The van der Waals surface area contributed by atoms with Gasteiger partial charge in [0.15, 0.2) is 0 Å². The predicted octanol–water partition coefficient (Wildman–Crippen LogP) is 0.333. The van der Waals surface area contributed by atoms with Gasteiger partial charge in [-0.3, -0.25) is 4.90 Å². The van der Waals surface area contributed by atoms with Crippen LogP contribution < -0.4 is 5.32 Å². The molecule has 16 heavy (non-hydrogen) atoms. The van der Waals surface area contributed by atoms with E-state index >= 15 is 0 Å². The fraction of sp³-hybridized carbons (Fsp3) is 1.00. The number of nitrogens with zero attached hydrogens (tertiary/aromatic N) is 1. The number of ether oxygens (including phenoxy) is 2. The first-order chi connectivity index (χ1) is 7.74. The maximum absolute atomic E-state index is 5.69. The van der Waals surface area contributed by atoms with Gasteiger partial charge in [0, 0.05) is 46.3 Å². The summed E-state index contributed by atoms with van der Waals surface area (Å²) in [5, 5.41) is 3.47. The maximum atomic E-state index is 5.69. The molecule has 2 atom stereocenters. The molecule has 4 nitrogen and oxygen atoms in total. The third-order valence-electron chi connectivity index (χ3n) is 3.68. The van der Waals surface area contributed by atoms with Crippen LogP contribution in [0.25, 0.3) is 0 Å². The Labute approximate surface area is 98.3 Å². The Hall–Kier alpha value is -0.160. The summed E-state index contributed by atoms with van der Waals surface area (Å²) in [7, 11) is 1.81. The van der Waals surface area contributed by atoms with Crippen molar-refractivity contribution in [3.05, 3.63) is 0 Å². The van der Waals surface area contributed by atoms with Gasteiger partial charge in [-0.15, -0.1) is 0 Å². The van der Waals surface area contributed by atoms with Crippen molar-refractivity contribution in [1.29, 1.82) is 0 Å². The minimum atomic E-state index is -0.0515. The van der Waals surface area contributed by atoms with Crippen LogP contribution in [0.4, 0.5) is 0 Å². The molecule has 94 valence electrons. The van der Waals surface area contributed by atoms with Gasteiger partial charge in [0.05, 0.1) is 6.61 Å². The van der Waals surface area contributed by atoms with Gasteiger partial charge >= 0.3 is 0 Å². The first kappa shape index (κ1) is 12.3. The van der Waals surface area contributed by atoms with Gasteiger partial charge in [-0.25, -0.2) is 0 Å². The van der Waals surface area contributed by atoms with Crippen LogP contribution in [0.5, 0.6) is 0 Å². The molecule has 2 aliphatic heterocycles. The number of hydrogen-bond acceptors (Lipinski definition) is 4. The molecule has 4 heteroatoms. The van der Waals surface area contributed by atoms with E-state index in [1.54, 1.807) is 0 Å². The van der Waals surface area contributed by atoms with E-state index in [0.717, 1.165) is 58.3 Å². The largest absolute Gasteiger partial charge is 0.378 e. The summed E-state index contributed by atoms with van der Waals surface area (Å²) in [6.07, 6.45) is 1.03. The summed E-state index contributed by atoms with van der Waals surface area (Å²) < 4.78 is 11.2. The summed E-state index contributed by atoms with van der Waals surface area (Å²) in [5.41, 5.74) is -0.0515. The fourth-order valence-electron chi connectivity index (χ4n) is 2.67. The monoisotopic (exact) mass is 228 g/mol. The van der Waals surface area contributed by atoms with Gasteiger partial charge < -0.3 is 14.8 Å². The summed E-state index contributed by atoms with van der Waals surface area (Å²) >= 11 is 0. The molecule has 0 aromatic heterocycles. The second-order valence-electron chi connectivity index (χ2n) is 5.23. The molecule has 0 radical (unpaired) electrons. The van der Waals surface area contributed by atoms with E-state index in [1.165, 1.54) is 0 Å². The van der Waals surface area contributed by atoms with Gasteiger partial charge in [-0.1, -0.05) is 6.92 Å². The van der Waals surface area contributed by atoms with Crippen LogP contribution in [0.1, 0.15) is 13.3 Å². The van der Waals surface area contributed by atoms with Gasteiger partial charge in [0.2, 0.25) is 0 Å². The van der Waals surface area contributed by atoms with Gasteiger partial charge in [0.1, 0.15) is 5.60 Å². The van der Waals surface area contributed by atoms with Crippen molar-refractivity contribution in [3.63, 3.8) is 0 Å². The fourth-order valence-corrected chi connectivity index (χ4v) is 2.67. The van der Waals surface area contributed by atoms with Gasteiger partial charge in [-0.2, -0.15) is 0 Å². The minimum absolute atomic E-state index is 0.0515. The summed E-state index contributed by atoms with van der Waals surface area (Å²) in [5.74, 6) is 0.721. The van der Waals surface area contributed by atoms with Crippen molar-refractivity contribution in [2.45, 2.75) is 18.9 Å². The van der Waals surface area contributed by atoms with E-state index in [-0.39, 0.29) is 5.60 Å². The molecule has 0 amide bonds. The minimum Gasteiger partial charge on any atom is -0.378 e. The van der Waals surface area contributed by atoms with Crippen LogP contribution in [-0.4, -0.2) is 63.5 Å². The van der Waals surface area contributed by atoms with Crippen LogP contribution in [0, 0.1) is 5.92 Å². The van der Waals surface area contributed by atoms with E-state index in [1.807, 2.05) is 7.11 Å². The third-order valence-corrected chi connectivity index (χ3v) is 3.68. The molecular weight excluding hydrogens is 204 g/mol. The van der Waals surface area contributed by atoms with Crippen LogP contribution in [0.3, 0.4) is 0 Å². The molecule has 0 saturated carbocycles. The zero-order valence-corrected chi connectivity index (χ0v) is 10.5. The average molecular weight is 228 g/mol. The molecule has 0 aromatic rings. The Morgan fingerprint density at radius 1 is 1.56 bits per heavy atom. The lowest BCUT2D eigenvalue weighted by Crippen LogP contribution is -2.46. The molecule has 2 fully saturated rings. The van der Waals surface area contributed by atoms with Crippen molar-refractivity contribution in [1.82, 2.24) is 10.2 Å². The number of rotatable bonds is 3.